The summed E-state index contributed by atoms with van der Waals surface area (Å²) in [6, 6.07) is 7.59. The SMILES string of the molecule is CC(C)NC(=O)C(C)N1CCN(c2cccc(C#N)n2)CC1. The topological polar surface area (TPSA) is 72.3 Å². The third-order valence-electron chi connectivity index (χ3n) is 3.85. The predicted molar refractivity (Wildman–Crippen MR) is 85.5 cm³/mol. The molecule has 0 bridgehead atoms. The minimum atomic E-state index is -0.122. The van der Waals surface area contributed by atoms with E-state index >= 15 is 0 Å². The molecule has 0 aliphatic carbocycles. The van der Waals surface area contributed by atoms with Crippen molar-refractivity contribution in [2.75, 3.05) is 31.1 Å². The standard InChI is InChI=1S/C16H23N5O/c1-12(2)18-16(22)13(3)20-7-9-21(10-8-20)15-6-4-5-14(11-17)19-15/h4-6,12-13H,7-10H2,1-3H3,(H,18,22). The normalized spacial score (nSPS) is 17.1. The largest absolute Gasteiger partial charge is 0.354 e. The van der Waals surface area contributed by atoms with E-state index in [4.69, 9.17) is 5.26 Å². The number of hydrogen-bond donors (Lipinski definition) is 1. The van der Waals surface area contributed by atoms with Gasteiger partial charge in [0.15, 0.2) is 0 Å². The van der Waals surface area contributed by atoms with Crippen molar-refractivity contribution in [1.29, 1.82) is 5.26 Å². The maximum Gasteiger partial charge on any atom is 0.237 e. The van der Waals surface area contributed by atoms with Crippen LogP contribution in [0.25, 0.3) is 0 Å². The summed E-state index contributed by atoms with van der Waals surface area (Å²) in [6.07, 6.45) is 0. The van der Waals surface area contributed by atoms with Crippen LogP contribution in [0.3, 0.4) is 0 Å². The third kappa shape index (κ3) is 3.95. The number of hydrogen-bond acceptors (Lipinski definition) is 5. The van der Waals surface area contributed by atoms with Gasteiger partial charge in [-0.3, -0.25) is 9.69 Å². The van der Waals surface area contributed by atoms with E-state index in [1.54, 1.807) is 6.07 Å². The Kier molecular flexibility index (Phi) is 5.34. The second-order valence-corrected chi connectivity index (χ2v) is 5.86. The molecule has 6 nitrogen and oxygen atoms in total. The van der Waals surface area contributed by atoms with Crippen LogP contribution in [-0.2, 0) is 4.79 Å². The molecular formula is C16H23N5O. The zero-order valence-corrected chi connectivity index (χ0v) is 13.4. The van der Waals surface area contributed by atoms with Crippen molar-refractivity contribution in [1.82, 2.24) is 15.2 Å². The van der Waals surface area contributed by atoms with Crippen LogP contribution in [0.2, 0.25) is 0 Å². The Labute approximate surface area is 131 Å². The third-order valence-corrected chi connectivity index (χ3v) is 3.85. The quantitative estimate of drug-likeness (QED) is 0.898. The average Bonchev–Trinajstić information content (AvgIpc) is 2.53. The van der Waals surface area contributed by atoms with Crippen LogP contribution in [0.1, 0.15) is 26.5 Å². The molecule has 0 spiro atoms. The van der Waals surface area contributed by atoms with Gasteiger partial charge in [-0.25, -0.2) is 4.98 Å². The number of nitriles is 1. The summed E-state index contributed by atoms with van der Waals surface area (Å²) in [5.74, 6) is 0.908. The van der Waals surface area contributed by atoms with Crippen LogP contribution >= 0.6 is 0 Å². The van der Waals surface area contributed by atoms with Crippen molar-refractivity contribution >= 4 is 11.7 Å². The van der Waals surface area contributed by atoms with Crippen molar-refractivity contribution in [3.8, 4) is 6.07 Å². The molecule has 1 amide bonds. The van der Waals surface area contributed by atoms with Gasteiger partial charge >= 0.3 is 0 Å². The Morgan fingerprint density at radius 3 is 2.55 bits per heavy atom. The minimum Gasteiger partial charge on any atom is -0.354 e. The molecule has 1 aromatic heterocycles. The number of amides is 1. The van der Waals surface area contributed by atoms with E-state index in [-0.39, 0.29) is 18.0 Å². The summed E-state index contributed by atoms with van der Waals surface area (Å²) in [4.78, 5) is 20.7. The van der Waals surface area contributed by atoms with Crippen LogP contribution in [0.5, 0.6) is 0 Å². The fourth-order valence-corrected chi connectivity index (χ4v) is 2.57. The van der Waals surface area contributed by atoms with Gasteiger partial charge in [0.1, 0.15) is 17.6 Å². The van der Waals surface area contributed by atoms with E-state index in [0.717, 1.165) is 32.0 Å². The number of nitrogens with zero attached hydrogens (tertiary/aromatic N) is 4. The lowest BCUT2D eigenvalue weighted by Crippen LogP contribution is -2.54. The van der Waals surface area contributed by atoms with Gasteiger partial charge < -0.3 is 10.2 Å². The second kappa shape index (κ2) is 7.23. The van der Waals surface area contributed by atoms with Crippen LogP contribution in [0.4, 0.5) is 5.82 Å². The molecule has 118 valence electrons. The van der Waals surface area contributed by atoms with Gasteiger partial charge in [0.25, 0.3) is 0 Å². The fourth-order valence-electron chi connectivity index (χ4n) is 2.57. The molecule has 1 saturated heterocycles. The molecule has 1 aliphatic heterocycles. The van der Waals surface area contributed by atoms with Gasteiger partial charge in [0.05, 0.1) is 6.04 Å². The van der Waals surface area contributed by atoms with Crippen molar-refractivity contribution in [2.24, 2.45) is 0 Å². The van der Waals surface area contributed by atoms with Gasteiger partial charge in [0, 0.05) is 32.2 Å². The second-order valence-electron chi connectivity index (χ2n) is 5.86. The molecule has 1 aliphatic rings. The van der Waals surface area contributed by atoms with Crippen LogP contribution in [-0.4, -0.2) is 54.1 Å². The number of piperazine rings is 1. The first-order valence-corrected chi connectivity index (χ1v) is 7.68. The molecule has 6 heteroatoms. The van der Waals surface area contributed by atoms with E-state index in [1.807, 2.05) is 32.9 Å². The average molecular weight is 301 g/mol. The lowest BCUT2D eigenvalue weighted by Gasteiger charge is -2.38. The number of nitrogens with one attached hydrogen (secondary N) is 1. The monoisotopic (exact) mass is 301 g/mol. The van der Waals surface area contributed by atoms with Gasteiger partial charge in [-0.15, -0.1) is 0 Å². The lowest BCUT2D eigenvalue weighted by molar-refractivity contribution is -0.126. The molecule has 0 saturated carbocycles. The van der Waals surface area contributed by atoms with Crippen molar-refractivity contribution in [3.63, 3.8) is 0 Å². The molecule has 1 unspecified atom stereocenters. The van der Waals surface area contributed by atoms with E-state index in [2.05, 4.69) is 26.2 Å². The van der Waals surface area contributed by atoms with Crippen LogP contribution in [0.15, 0.2) is 18.2 Å². The smallest absolute Gasteiger partial charge is 0.237 e. The van der Waals surface area contributed by atoms with Gasteiger partial charge in [-0.2, -0.15) is 5.26 Å². The Morgan fingerprint density at radius 2 is 1.95 bits per heavy atom. The number of pyridine rings is 1. The molecule has 1 N–H and O–H groups in total. The number of rotatable bonds is 4. The van der Waals surface area contributed by atoms with Crippen molar-refractivity contribution in [2.45, 2.75) is 32.9 Å². The van der Waals surface area contributed by atoms with Gasteiger partial charge in [0.2, 0.25) is 5.91 Å². The minimum absolute atomic E-state index is 0.0769. The van der Waals surface area contributed by atoms with Crippen LogP contribution in [0, 0.1) is 11.3 Å². The Balaban J connectivity index is 1.92. The lowest BCUT2D eigenvalue weighted by atomic mass is 10.2. The Bertz CT molecular complexity index is 558. The van der Waals surface area contributed by atoms with E-state index in [9.17, 15) is 4.79 Å². The highest BCUT2D eigenvalue weighted by molar-refractivity contribution is 5.81. The molecule has 0 aromatic carbocycles. The maximum absolute atomic E-state index is 12.1. The molecule has 22 heavy (non-hydrogen) atoms. The molecule has 2 heterocycles. The first kappa shape index (κ1) is 16.2. The zero-order chi connectivity index (χ0) is 16.1. The number of anilines is 1. The molecule has 0 radical (unpaired) electrons. The molecule has 1 atom stereocenters. The van der Waals surface area contributed by atoms with E-state index in [0.29, 0.717) is 5.69 Å². The molecule has 1 fully saturated rings. The summed E-state index contributed by atoms with van der Waals surface area (Å²) in [6.45, 7) is 9.12. The number of carbonyl (C=O) groups is 1. The highest BCUT2D eigenvalue weighted by Crippen LogP contribution is 2.15. The summed E-state index contributed by atoms with van der Waals surface area (Å²) >= 11 is 0. The number of carbonyl (C=O) groups excluding carboxylic acids is 1. The molecule has 1 aromatic rings. The highest BCUT2D eigenvalue weighted by atomic mass is 16.2. The van der Waals surface area contributed by atoms with Gasteiger partial charge in [-0.1, -0.05) is 6.07 Å². The Morgan fingerprint density at radius 1 is 1.27 bits per heavy atom. The van der Waals surface area contributed by atoms with Gasteiger partial charge in [-0.05, 0) is 32.9 Å². The van der Waals surface area contributed by atoms with Crippen molar-refractivity contribution in [3.05, 3.63) is 23.9 Å². The zero-order valence-electron chi connectivity index (χ0n) is 13.4. The number of aromatic nitrogens is 1. The summed E-state index contributed by atoms with van der Waals surface area (Å²) in [7, 11) is 0. The van der Waals surface area contributed by atoms with E-state index < -0.39 is 0 Å². The first-order chi connectivity index (χ1) is 10.5. The summed E-state index contributed by atoms with van der Waals surface area (Å²) in [5, 5.41) is 11.9. The fraction of sp³-hybridized carbons (Fsp3) is 0.562. The highest BCUT2D eigenvalue weighted by Gasteiger charge is 2.26. The predicted octanol–water partition coefficient (Wildman–Crippen LogP) is 0.988. The molecular weight excluding hydrogens is 278 g/mol. The van der Waals surface area contributed by atoms with Crippen molar-refractivity contribution < 1.29 is 4.79 Å². The van der Waals surface area contributed by atoms with Crippen LogP contribution < -0.4 is 10.2 Å². The Hall–Kier alpha value is -2.13. The maximum atomic E-state index is 12.1. The molecule has 2 rings (SSSR count). The summed E-state index contributed by atoms with van der Waals surface area (Å²) < 4.78 is 0. The van der Waals surface area contributed by atoms with E-state index in [1.165, 1.54) is 0 Å². The first-order valence-electron chi connectivity index (χ1n) is 7.68. The summed E-state index contributed by atoms with van der Waals surface area (Å²) in [5.41, 5.74) is 0.435.